The van der Waals surface area contributed by atoms with Crippen LogP contribution in [-0.4, -0.2) is 102 Å². The number of likely N-dealkylation sites (tertiary alicyclic amines) is 1. The molecule has 2 aliphatic rings. The third-order valence-corrected chi connectivity index (χ3v) is 11.9. The first-order valence-electron chi connectivity index (χ1n) is 18.1. The molecule has 53 heavy (non-hydrogen) atoms. The first-order valence-corrected chi connectivity index (χ1v) is 19.7. The van der Waals surface area contributed by atoms with Crippen molar-refractivity contribution in [3.05, 3.63) is 95.9 Å². The van der Waals surface area contributed by atoms with E-state index in [1.807, 2.05) is 79.7 Å². The number of imidazole rings is 1. The van der Waals surface area contributed by atoms with Crippen molar-refractivity contribution >= 4 is 33.6 Å². The minimum Gasteiger partial charge on any atom is -0.453 e. The van der Waals surface area contributed by atoms with Crippen molar-refractivity contribution < 1.29 is 27.5 Å². The number of rotatable bonds is 12. The maximum absolute atomic E-state index is 13.1. The fourth-order valence-electron chi connectivity index (χ4n) is 6.88. The summed E-state index contributed by atoms with van der Waals surface area (Å²) in [5, 5.41) is 5.52. The molecule has 3 heterocycles. The SMILES string of the molecule is CCCS(=O)(=O)N1CCN(Cc2ccc(NC(=O)c3ccc(-c4ccc(-c5cnc([C@@H]6CCCN6C(=O)[C@@H](C)NC(=O)OC)[nH]5)cc4)cc3)cc2)CC1. The number of amides is 3. The molecular weight excluding hydrogens is 695 g/mol. The largest absolute Gasteiger partial charge is 0.453 e. The second-order valence-corrected chi connectivity index (χ2v) is 15.6. The van der Waals surface area contributed by atoms with Gasteiger partial charge in [0, 0.05) is 50.5 Å². The lowest BCUT2D eigenvalue weighted by molar-refractivity contribution is -0.134. The molecule has 2 atom stereocenters. The van der Waals surface area contributed by atoms with E-state index < -0.39 is 22.2 Å². The van der Waals surface area contributed by atoms with Crippen LogP contribution in [0.4, 0.5) is 10.5 Å². The number of hydrogen-bond donors (Lipinski definition) is 3. The van der Waals surface area contributed by atoms with E-state index in [9.17, 15) is 22.8 Å². The standard InChI is InChI=1S/C39H47N7O6S/c1-4-24-53(50,51)45-22-20-44(21-23-45)26-28-7-17-33(18-8-28)42-37(47)32-15-11-30(12-16-32)29-9-13-31(14-10-29)34-25-40-36(43-34)35-6-5-19-46(35)38(48)27(2)41-39(49)52-3/h7-18,25,27,35H,4-6,19-24,26H2,1-3H3,(H,40,43)(H,41,49)(H,42,47)/t27-,35+/m1/s1. The van der Waals surface area contributed by atoms with Gasteiger partial charge in [-0.1, -0.05) is 55.5 Å². The number of sulfonamides is 1. The molecule has 0 saturated carbocycles. The van der Waals surface area contributed by atoms with Gasteiger partial charge >= 0.3 is 6.09 Å². The van der Waals surface area contributed by atoms with Gasteiger partial charge in [-0.25, -0.2) is 18.2 Å². The van der Waals surface area contributed by atoms with Crippen molar-refractivity contribution in [1.29, 1.82) is 0 Å². The number of anilines is 1. The Morgan fingerprint density at radius 3 is 2.19 bits per heavy atom. The number of benzene rings is 3. The van der Waals surface area contributed by atoms with E-state index in [2.05, 4.69) is 30.2 Å². The van der Waals surface area contributed by atoms with Crippen LogP contribution < -0.4 is 10.6 Å². The summed E-state index contributed by atoms with van der Waals surface area (Å²) in [5.74, 6) is 0.525. The summed E-state index contributed by atoms with van der Waals surface area (Å²) in [6.07, 6.45) is 3.37. The topological polar surface area (TPSA) is 157 Å². The molecule has 0 bridgehead atoms. The van der Waals surface area contributed by atoms with E-state index in [0.717, 1.165) is 47.3 Å². The Morgan fingerprint density at radius 1 is 0.906 bits per heavy atom. The molecule has 0 spiro atoms. The van der Waals surface area contributed by atoms with Crippen LogP contribution >= 0.6 is 0 Å². The monoisotopic (exact) mass is 741 g/mol. The second kappa shape index (κ2) is 16.7. The number of nitrogens with zero attached hydrogens (tertiary/aromatic N) is 4. The summed E-state index contributed by atoms with van der Waals surface area (Å²) in [6.45, 7) is 7.25. The molecule has 2 saturated heterocycles. The summed E-state index contributed by atoms with van der Waals surface area (Å²) in [5.41, 5.74) is 6.11. The van der Waals surface area contributed by atoms with Crippen LogP contribution in [-0.2, 0) is 26.1 Å². The Bertz CT molecular complexity index is 1990. The zero-order valence-corrected chi connectivity index (χ0v) is 31.2. The van der Waals surface area contributed by atoms with Gasteiger partial charge in [-0.15, -0.1) is 0 Å². The van der Waals surface area contributed by atoms with Crippen LogP contribution in [0.5, 0.6) is 0 Å². The smallest absolute Gasteiger partial charge is 0.407 e. The molecule has 2 aliphatic heterocycles. The summed E-state index contributed by atoms with van der Waals surface area (Å²) >= 11 is 0. The van der Waals surface area contributed by atoms with E-state index >= 15 is 0 Å². The molecule has 14 heteroatoms. The Kier molecular flexibility index (Phi) is 11.9. The second-order valence-electron chi connectivity index (χ2n) is 13.5. The zero-order valence-electron chi connectivity index (χ0n) is 30.4. The number of carbonyl (C=O) groups is 3. The molecule has 3 aromatic carbocycles. The average Bonchev–Trinajstić information content (AvgIpc) is 3.86. The van der Waals surface area contributed by atoms with Crippen LogP contribution in [0.15, 0.2) is 79.0 Å². The van der Waals surface area contributed by atoms with Crippen LogP contribution in [0.25, 0.3) is 22.4 Å². The number of hydrogen-bond acceptors (Lipinski definition) is 8. The maximum Gasteiger partial charge on any atom is 0.407 e. The van der Waals surface area contributed by atoms with Gasteiger partial charge in [-0.05, 0) is 72.7 Å². The van der Waals surface area contributed by atoms with Crippen LogP contribution in [0.1, 0.15) is 60.9 Å². The number of ether oxygens (including phenoxy) is 1. The Morgan fingerprint density at radius 2 is 1.55 bits per heavy atom. The van der Waals surface area contributed by atoms with Gasteiger partial charge in [0.1, 0.15) is 11.9 Å². The lowest BCUT2D eigenvalue weighted by atomic mass is 10.0. The maximum atomic E-state index is 13.1. The summed E-state index contributed by atoms with van der Waals surface area (Å²) in [6, 6.07) is 22.4. The van der Waals surface area contributed by atoms with E-state index in [-0.39, 0.29) is 23.6 Å². The van der Waals surface area contributed by atoms with Gasteiger partial charge in [-0.3, -0.25) is 14.5 Å². The fourth-order valence-corrected chi connectivity index (χ4v) is 8.37. The van der Waals surface area contributed by atoms with Crippen molar-refractivity contribution in [3.8, 4) is 22.4 Å². The zero-order chi connectivity index (χ0) is 37.5. The lowest BCUT2D eigenvalue weighted by Crippen LogP contribution is -2.48. The predicted molar refractivity (Wildman–Crippen MR) is 203 cm³/mol. The molecular formula is C39H47N7O6S. The minimum absolute atomic E-state index is 0.180. The van der Waals surface area contributed by atoms with Gasteiger partial charge in [-0.2, -0.15) is 4.31 Å². The first kappa shape index (κ1) is 37.7. The highest BCUT2D eigenvalue weighted by atomic mass is 32.2. The molecule has 1 aromatic heterocycles. The van der Waals surface area contributed by atoms with Crippen molar-refractivity contribution in [2.24, 2.45) is 0 Å². The molecule has 3 amide bonds. The Hall–Kier alpha value is -5.05. The highest BCUT2D eigenvalue weighted by Crippen LogP contribution is 2.32. The number of methoxy groups -OCH3 is 1. The van der Waals surface area contributed by atoms with E-state index in [0.29, 0.717) is 56.2 Å². The Balaban J connectivity index is 1.01. The fraction of sp³-hybridized carbons (Fsp3) is 0.385. The number of carbonyl (C=O) groups excluding carboxylic acids is 3. The minimum atomic E-state index is -3.16. The number of nitrogens with one attached hydrogen (secondary N) is 3. The van der Waals surface area contributed by atoms with Gasteiger partial charge in [0.05, 0.1) is 30.8 Å². The average molecular weight is 742 g/mol. The molecule has 0 unspecified atom stereocenters. The van der Waals surface area contributed by atoms with Crippen LogP contribution in [0.3, 0.4) is 0 Å². The number of aromatic amines is 1. The summed E-state index contributed by atoms with van der Waals surface area (Å²) in [4.78, 5) is 49.7. The highest BCUT2D eigenvalue weighted by Gasteiger charge is 2.35. The third-order valence-electron chi connectivity index (χ3n) is 9.82. The molecule has 0 radical (unpaired) electrons. The first-order chi connectivity index (χ1) is 25.5. The van der Waals surface area contributed by atoms with Gasteiger partial charge in [0.2, 0.25) is 15.9 Å². The van der Waals surface area contributed by atoms with Crippen LogP contribution in [0, 0.1) is 0 Å². The quantitative estimate of drug-likeness (QED) is 0.178. The predicted octanol–water partition coefficient (Wildman–Crippen LogP) is 5.26. The van der Waals surface area contributed by atoms with E-state index in [1.54, 1.807) is 22.3 Å². The molecule has 4 aromatic rings. The summed E-state index contributed by atoms with van der Waals surface area (Å²) in [7, 11) is -1.90. The van der Waals surface area contributed by atoms with Gasteiger partial charge in [0.15, 0.2) is 0 Å². The third kappa shape index (κ3) is 9.13. The van der Waals surface area contributed by atoms with Gasteiger partial charge < -0.3 is 25.3 Å². The molecule has 280 valence electrons. The number of aromatic nitrogens is 2. The molecule has 13 nitrogen and oxygen atoms in total. The van der Waals surface area contributed by atoms with E-state index in [4.69, 9.17) is 0 Å². The summed E-state index contributed by atoms with van der Waals surface area (Å²) < 4.78 is 30.9. The van der Waals surface area contributed by atoms with Crippen LogP contribution in [0.2, 0.25) is 0 Å². The molecule has 6 rings (SSSR count). The normalized spacial score (nSPS) is 17.3. The Labute approximate surface area is 310 Å². The number of H-pyrrole nitrogens is 1. The van der Waals surface area contributed by atoms with E-state index in [1.165, 1.54) is 7.11 Å². The van der Waals surface area contributed by atoms with Crippen molar-refractivity contribution in [2.45, 2.75) is 51.7 Å². The molecule has 0 aliphatic carbocycles. The van der Waals surface area contributed by atoms with Crippen molar-refractivity contribution in [2.75, 3.05) is 50.9 Å². The lowest BCUT2D eigenvalue weighted by Gasteiger charge is -2.34. The van der Waals surface area contributed by atoms with Crippen molar-refractivity contribution in [3.63, 3.8) is 0 Å². The number of piperazine rings is 1. The van der Waals surface area contributed by atoms with Crippen molar-refractivity contribution in [1.82, 2.24) is 29.4 Å². The molecule has 3 N–H and O–H groups in total. The van der Waals surface area contributed by atoms with Gasteiger partial charge in [0.25, 0.3) is 5.91 Å². The molecule has 2 fully saturated rings. The number of alkyl carbamates (subject to hydrolysis) is 1. The highest BCUT2D eigenvalue weighted by molar-refractivity contribution is 7.89.